The van der Waals surface area contributed by atoms with E-state index in [1.807, 2.05) is 0 Å². The van der Waals surface area contributed by atoms with Crippen LogP contribution in [-0.4, -0.2) is 34.9 Å². The van der Waals surface area contributed by atoms with Crippen LogP contribution in [-0.2, 0) is 17.8 Å². The molecule has 0 spiro atoms. The molecule has 0 radical (unpaired) electrons. The van der Waals surface area contributed by atoms with Gasteiger partial charge < -0.3 is 10.3 Å². The predicted molar refractivity (Wildman–Crippen MR) is 104 cm³/mol. The molecule has 1 amide bonds. The summed E-state index contributed by atoms with van der Waals surface area (Å²) in [5, 5.41) is 4.34. The van der Waals surface area contributed by atoms with Crippen molar-refractivity contribution in [1.82, 2.24) is 15.2 Å². The number of carbonyl (C=O) groups is 1. The number of aromatic amines is 1. The number of aromatic nitrogens is 1. The second-order valence-corrected chi connectivity index (χ2v) is 7.84. The first-order valence-electron chi connectivity index (χ1n) is 9.46. The minimum absolute atomic E-state index is 0.0219. The minimum Gasteiger partial charge on any atom is -0.357 e. The molecule has 2 heterocycles. The third-order valence-electron chi connectivity index (χ3n) is 5.57. The Bertz CT molecular complexity index is 886. The highest BCUT2D eigenvalue weighted by atomic mass is 35.5. The highest BCUT2D eigenvalue weighted by Crippen LogP contribution is 2.23. The van der Waals surface area contributed by atoms with Gasteiger partial charge in [-0.1, -0.05) is 36.9 Å². The zero-order valence-electron chi connectivity index (χ0n) is 14.8. The molecule has 6 heteroatoms. The summed E-state index contributed by atoms with van der Waals surface area (Å²) in [6, 6.07) is 5.71. The number of nitrogens with zero attached hydrogens (tertiary/aromatic N) is 1. The summed E-state index contributed by atoms with van der Waals surface area (Å²) >= 11 is 6.23. The van der Waals surface area contributed by atoms with Gasteiger partial charge in [-0.2, -0.15) is 0 Å². The van der Waals surface area contributed by atoms with Gasteiger partial charge in [0.05, 0.1) is 17.1 Å². The standard InChI is InChI=1S/C20H24ClN3O2/c21-16-8-4-7-14-19(16)23-17-9-10-24(11-15(17)20(14)26)12-18(25)22-13-5-2-1-3-6-13/h4,7-8,13H,1-3,5-6,9-12H2,(H,22,25)(H,23,26). The van der Waals surface area contributed by atoms with Crippen LogP contribution in [0.2, 0.25) is 5.02 Å². The SMILES string of the molecule is O=C(CN1CCc2[nH]c3c(Cl)cccc3c(=O)c2C1)NC1CCCCC1. The molecule has 1 aliphatic carbocycles. The second-order valence-electron chi connectivity index (χ2n) is 7.44. The Labute approximate surface area is 157 Å². The van der Waals surface area contributed by atoms with Crippen molar-refractivity contribution in [3.05, 3.63) is 44.7 Å². The summed E-state index contributed by atoms with van der Waals surface area (Å²) in [5.74, 6) is 0.0700. The quantitative estimate of drug-likeness (QED) is 0.869. The van der Waals surface area contributed by atoms with Crippen LogP contribution in [0.25, 0.3) is 10.9 Å². The number of amides is 1. The number of fused-ring (bicyclic) bond motifs is 2. The normalized spacial score (nSPS) is 18.7. The highest BCUT2D eigenvalue weighted by molar-refractivity contribution is 6.35. The fourth-order valence-electron chi connectivity index (χ4n) is 4.18. The Kier molecular flexibility index (Phi) is 5.00. The molecule has 1 aromatic carbocycles. The third-order valence-corrected chi connectivity index (χ3v) is 5.88. The molecule has 0 atom stereocenters. The summed E-state index contributed by atoms with van der Waals surface area (Å²) in [6.07, 6.45) is 6.57. The summed E-state index contributed by atoms with van der Waals surface area (Å²) in [6.45, 7) is 1.62. The van der Waals surface area contributed by atoms with Gasteiger partial charge >= 0.3 is 0 Å². The lowest BCUT2D eigenvalue weighted by Crippen LogP contribution is -2.45. The van der Waals surface area contributed by atoms with E-state index < -0.39 is 0 Å². The van der Waals surface area contributed by atoms with Crippen LogP contribution in [0, 0.1) is 0 Å². The highest BCUT2D eigenvalue weighted by Gasteiger charge is 2.24. The maximum atomic E-state index is 12.9. The van der Waals surface area contributed by atoms with Crippen LogP contribution in [0.15, 0.2) is 23.0 Å². The molecule has 26 heavy (non-hydrogen) atoms. The van der Waals surface area contributed by atoms with Crippen LogP contribution >= 0.6 is 11.6 Å². The van der Waals surface area contributed by atoms with E-state index in [2.05, 4.69) is 15.2 Å². The van der Waals surface area contributed by atoms with Crippen LogP contribution in [0.5, 0.6) is 0 Å². The lowest BCUT2D eigenvalue weighted by molar-refractivity contribution is -0.123. The van der Waals surface area contributed by atoms with Gasteiger partial charge in [0.2, 0.25) is 5.91 Å². The van der Waals surface area contributed by atoms with E-state index in [0.29, 0.717) is 35.1 Å². The Hall–Kier alpha value is -1.85. The summed E-state index contributed by atoms with van der Waals surface area (Å²) < 4.78 is 0. The molecule has 1 aromatic heterocycles. The number of benzene rings is 1. The van der Waals surface area contributed by atoms with Gasteiger partial charge in [0.15, 0.2) is 5.43 Å². The van der Waals surface area contributed by atoms with E-state index in [1.54, 1.807) is 18.2 Å². The van der Waals surface area contributed by atoms with Crippen molar-refractivity contribution in [3.63, 3.8) is 0 Å². The zero-order chi connectivity index (χ0) is 18.1. The van der Waals surface area contributed by atoms with Crippen molar-refractivity contribution in [3.8, 4) is 0 Å². The Balaban J connectivity index is 1.49. The van der Waals surface area contributed by atoms with E-state index in [1.165, 1.54) is 19.3 Å². The summed E-state index contributed by atoms with van der Waals surface area (Å²) in [5.41, 5.74) is 2.44. The summed E-state index contributed by atoms with van der Waals surface area (Å²) in [4.78, 5) is 30.6. The first kappa shape index (κ1) is 17.6. The number of nitrogens with one attached hydrogen (secondary N) is 2. The molecule has 1 aliphatic heterocycles. The molecule has 4 rings (SSSR count). The molecule has 0 saturated heterocycles. The number of pyridine rings is 1. The lowest BCUT2D eigenvalue weighted by Gasteiger charge is -2.29. The van der Waals surface area contributed by atoms with Crippen molar-refractivity contribution in [2.24, 2.45) is 0 Å². The van der Waals surface area contributed by atoms with Crippen LogP contribution in [0.3, 0.4) is 0 Å². The van der Waals surface area contributed by atoms with Gasteiger partial charge in [-0.05, 0) is 25.0 Å². The topological polar surface area (TPSA) is 65.2 Å². The van der Waals surface area contributed by atoms with Crippen molar-refractivity contribution in [2.45, 2.75) is 51.1 Å². The smallest absolute Gasteiger partial charge is 0.234 e. The number of carbonyl (C=O) groups excluding carboxylic acids is 1. The first-order valence-corrected chi connectivity index (χ1v) is 9.83. The van der Waals surface area contributed by atoms with E-state index >= 15 is 0 Å². The number of rotatable bonds is 3. The molecule has 0 unspecified atom stereocenters. The van der Waals surface area contributed by atoms with Gasteiger partial charge in [0.25, 0.3) is 0 Å². The van der Waals surface area contributed by atoms with Crippen molar-refractivity contribution in [2.75, 3.05) is 13.1 Å². The largest absolute Gasteiger partial charge is 0.357 e. The molecule has 1 fully saturated rings. The van der Waals surface area contributed by atoms with Crippen LogP contribution < -0.4 is 10.7 Å². The van der Waals surface area contributed by atoms with Crippen molar-refractivity contribution in [1.29, 1.82) is 0 Å². The maximum Gasteiger partial charge on any atom is 0.234 e. The Morgan fingerprint density at radius 3 is 2.88 bits per heavy atom. The van der Waals surface area contributed by atoms with Gasteiger partial charge in [-0.25, -0.2) is 0 Å². The van der Waals surface area contributed by atoms with E-state index in [0.717, 1.165) is 37.1 Å². The van der Waals surface area contributed by atoms with Crippen LogP contribution in [0.1, 0.15) is 43.4 Å². The Morgan fingerprint density at radius 1 is 1.27 bits per heavy atom. The number of halogens is 1. The molecule has 5 nitrogen and oxygen atoms in total. The number of hydrogen-bond acceptors (Lipinski definition) is 3. The first-order chi connectivity index (χ1) is 12.6. The number of hydrogen-bond donors (Lipinski definition) is 2. The molecule has 2 aliphatic rings. The molecular formula is C20H24ClN3O2. The fraction of sp³-hybridized carbons (Fsp3) is 0.500. The number of para-hydroxylation sites is 1. The van der Waals surface area contributed by atoms with Crippen molar-refractivity contribution < 1.29 is 4.79 Å². The molecule has 2 aromatic rings. The van der Waals surface area contributed by atoms with Gasteiger partial charge in [-0.3, -0.25) is 14.5 Å². The lowest BCUT2D eigenvalue weighted by atomic mass is 9.95. The van der Waals surface area contributed by atoms with E-state index in [-0.39, 0.29) is 11.3 Å². The molecule has 0 bridgehead atoms. The number of H-pyrrole nitrogens is 1. The third kappa shape index (κ3) is 3.51. The minimum atomic E-state index is 0.0219. The second kappa shape index (κ2) is 7.41. The van der Waals surface area contributed by atoms with Gasteiger partial charge in [0, 0.05) is 42.2 Å². The Morgan fingerprint density at radius 2 is 2.08 bits per heavy atom. The zero-order valence-corrected chi connectivity index (χ0v) is 15.6. The maximum absolute atomic E-state index is 12.9. The molecule has 1 saturated carbocycles. The van der Waals surface area contributed by atoms with Gasteiger partial charge in [0.1, 0.15) is 0 Å². The molecular weight excluding hydrogens is 350 g/mol. The molecule has 138 valence electrons. The molecule has 2 N–H and O–H groups in total. The van der Waals surface area contributed by atoms with E-state index in [4.69, 9.17) is 11.6 Å². The van der Waals surface area contributed by atoms with Gasteiger partial charge in [-0.15, -0.1) is 0 Å². The van der Waals surface area contributed by atoms with E-state index in [9.17, 15) is 9.59 Å². The average Bonchev–Trinajstić information content (AvgIpc) is 2.64. The fourth-order valence-corrected chi connectivity index (χ4v) is 4.40. The average molecular weight is 374 g/mol. The van der Waals surface area contributed by atoms with Crippen LogP contribution in [0.4, 0.5) is 0 Å². The predicted octanol–water partition coefficient (Wildman–Crippen LogP) is 2.99. The monoisotopic (exact) mass is 373 g/mol. The van der Waals surface area contributed by atoms with Crippen molar-refractivity contribution >= 4 is 28.4 Å². The summed E-state index contributed by atoms with van der Waals surface area (Å²) in [7, 11) is 0.